The van der Waals surface area contributed by atoms with Crippen LogP contribution in [0.15, 0.2) is 17.1 Å². The van der Waals surface area contributed by atoms with Gasteiger partial charge in [-0.05, 0) is 63.3 Å². The standard InChI is InChI=1S/C18H22ClN3OS/c1-12-10-16(23-18-17(19)14(3)21-24-18)13(2)9-15(12)20-11-22-7-5-4-6-8-22/h9-11H,4-8H2,1-3H3. The minimum absolute atomic E-state index is 0.587. The molecule has 1 saturated heterocycles. The Balaban J connectivity index is 1.78. The number of aromatic nitrogens is 1. The maximum atomic E-state index is 6.21. The van der Waals surface area contributed by atoms with Crippen molar-refractivity contribution >= 4 is 35.2 Å². The Morgan fingerprint density at radius 3 is 2.58 bits per heavy atom. The lowest BCUT2D eigenvalue weighted by Crippen LogP contribution is -2.28. The van der Waals surface area contributed by atoms with Crippen molar-refractivity contribution in [2.75, 3.05) is 13.1 Å². The number of likely N-dealkylation sites (tertiary alicyclic amines) is 1. The molecule has 3 rings (SSSR count). The van der Waals surface area contributed by atoms with Crippen molar-refractivity contribution in [2.45, 2.75) is 40.0 Å². The Kier molecular flexibility index (Phi) is 5.41. The molecule has 24 heavy (non-hydrogen) atoms. The SMILES string of the molecule is Cc1cc(Oc2snc(C)c2Cl)c(C)cc1N=CN1CCCCC1. The first-order valence-electron chi connectivity index (χ1n) is 8.23. The average Bonchev–Trinajstić information content (AvgIpc) is 2.89. The van der Waals surface area contributed by atoms with Crippen LogP contribution < -0.4 is 4.74 Å². The van der Waals surface area contributed by atoms with Gasteiger partial charge in [-0.2, -0.15) is 4.37 Å². The summed E-state index contributed by atoms with van der Waals surface area (Å²) in [6.07, 6.45) is 5.82. The zero-order valence-electron chi connectivity index (χ0n) is 14.3. The van der Waals surface area contributed by atoms with E-state index in [0.29, 0.717) is 10.1 Å². The molecule has 1 fully saturated rings. The summed E-state index contributed by atoms with van der Waals surface area (Å²) in [6, 6.07) is 4.08. The van der Waals surface area contributed by atoms with E-state index in [1.807, 2.05) is 26.3 Å². The number of aryl methyl sites for hydroxylation is 3. The molecule has 0 unspecified atom stereocenters. The molecular weight excluding hydrogens is 342 g/mol. The monoisotopic (exact) mass is 363 g/mol. The number of aliphatic imine (C=N–C) groups is 1. The maximum Gasteiger partial charge on any atom is 0.218 e. The molecule has 0 aliphatic carbocycles. The fourth-order valence-electron chi connectivity index (χ4n) is 2.70. The van der Waals surface area contributed by atoms with E-state index in [-0.39, 0.29) is 0 Å². The summed E-state index contributed by atoms with van der Waals surface area (Å²) in [5.41, 5.74) is 3.90. The lowest BCUT2D eigenvalue weighted by Gasteiger charge is -2.23. The molecular formula is C18H22ClN3OS. The lowest BCUT2D eigenvalue weighted by molar-refractivity contribution is 0.351. The highest BCUT2D eigenvalue weighted by Gasteiger charge is 2.13. The smallest absolute Gasteiger partial charge is 0.218 e. The number of rotatable bonds is 4. The van der Waals surface area contributed by atoms with Crippen molar-refractivity contribution in [2.24, 2.45) is 4.99 Å². The van der Waals surface area contributed by atoms with Gasteiger partial charge < -0.3 is 9.64 Å². The van der Waals surface area contributed by atoms with Crippen molar-refractivity contribution < 1.29 is 4.74 Å². The van der Waals surface area contributed by atoms with Gasteiger partial charge in [0.2, 0.25) is 5.06 Å². The summed E-state index contributed by atoms with van der Waals surface area (Å²) in [6.45, 7) is 8.16. The molecule has 2 aromatic rings. The second-order valence-electron chi connectivity index (χ2n) is 6.22. The molecule has 6 heteroatoms. The minimum Gasteiger partial charge on any atom is -0.443 e. The highest BCUT2D eigenvalue weighted by molar-refractivity contribution is 7.08. The highest BCUT2D eigenvalue weighted by atomic mass is 35.5. The van der Waals surface area contributed by atoms with Crippen LogP contribution in [0, 0.1) is 20.8 Å². The number of nitrogens with zero attached hydrogens (tertiary/aromatic N) is 3. The van der Waals surface area contributed by atoms with Gasteiger partial charge in [-0.1, -0.05) is 11.6 Å². The predicted molar refractivity (Wildman–Crippen MR) is 101 cm³/mol. The fourth-order valence-corrected chi connectivity index (χ4v) is 3.60. The molecule has 0 atom stereocenters. The molecule has 4 nitrogen and oxygen atoms in total. The first-order valence-corrected chi connectivity index (χ1v) is 9.39. The van der Waals surface area contributed by atoms with E-state index in [1.165, 1.54) is 30.8 Å². The summed E-state index contributed by atoms with van der Waals surface area (Å²) in [5.74, 6) is 0.801. The minimum atomic E-state index is 0.587. The van der Waals surface area contributed by atoms with Crippen molar-refractivity contribution in [1.29, 1.82) is 0 Å². The van der Waals surface area contributed by atoms with Gasteiger partial charge in [0.1, 0.15) is 10.8 Å². The van der Waals surface area contributed by atoms with Crippen LogP contribution in [-0.4, -0.2) is 28.7 Å². The molecule has 0 N–H and O–H groups in total. The van der Waals surface area contributed by atoms with Gasteiger partial charge in [0.15, 0.2) is 0 Å². The summed E-state index contributed by atoms with van der Waals surface area (Å²) in [4.78, 5) is 6.96. The van der Waals surface area contributed by atoms with Crippen molar-refractivity contribution in [3.63, 3.8) is 0 Å². The molecule has 0 saturated carbocycles. The molecule has 128 valence electrons. The maximum absolute atomic E-state index is 6.21. The Hall–Kier alpha value is -1.59. The average molecular weight is 364 g/mol. The van der Waals surface area contributed by atoms with Crippen molar-refractivity contribution in [3.8, 4) is 10.8 Å². The molecule has 1 aromatic heterocycles. The van der Waals surface area contributed by atoms with Crippen LogP contribution in [0.4, 0.5) is 5.69 Å². The number of hydrogen-bond donors (Lipinski definition) is 0. The zero-order chi connectivity index (χ0) is 17.1. The van der Waals surface area contributed by atoms with Gasteiger partial charge in [-0.25, -0.2) is 4.99 Å². The molecule has 1 aliphatic rings. The number of ether oxygens (including phenoxy) is 1. The first-order chi connectivity index (χ1) is 11.5. The van der Waals surface area contributed by atoms with Crippen LogP contribution in [0.2, 0.25) is 5.02 Å². The molecule has 1 aromatic carbocycles. The Morgan fingerprint density at radius 1 is 1.17 bits per heavy atom. The normalized spacial score (nSPS) is 15.2. The van der Waals surface area contributed by atoms with Crippen LogP contribution in [0.5, 0.6) is 10.8 Å². The van der Waals surface area contributed by atoms with E-state index in [1.54, 1.807) is 0 Å². The number of piperidine rings is 1. The second-order valence-corrected chi connectivity index (χ2v) is 7.33. The van der Waals surface area contributed by atoms with E-state index in [0.717, 1.165) is 41.3 Å². The van der Waals surface area contributed by atoms with Crippen LogP contribution in [0.1, 0.15) is 36.1 Å². The highest BCUT2D eigenvalue weighted by Crippen LogP contribution is 2.38. The van der Waals surface area contributed by atoms with Crippen LogP contribution in [0.25, 0.3) is 0 Å². The third kappa shape index (κ3) is 3.90. The van der Waals surface area contributed by atoms with E-state index < -0.39 is 0 Å². The van der Waals surface area contributed by atoms with E-state index >= 15 is 0 Å². The summed E-state index contributed by atoms with van der Waals surface area (Å²) in [5, 5.41) is 1.23. The van der Waals surface area contributed by atoms with Gasteiger partial charge in [-0.15, -0.1) is 0 Å². The Morgan fingerprint density at radius 2 is 1.92 bits per heavy atom. The topological polar surface area (TPSA) is 37.7 Å². The van der Waals surface area contributed by atoms with Crippen molar-refractivity contribution in [3.05, 3.63) is 34.0 Å². The fraction of sp³-hybridized carbons (Fsp3) is 0.444. The summed E-state index contributed by atoms with van der Waals surface area (Å²) >= 11 is 7.49. The third-order valence-electron chi connectivity index (χ3n) is 4.21. The van der Waals surface area contributed by atoms with Crippen LogP contribution in [-0.2, 0) is 0 Å². The quantitative estimate of drug-likeness (QED) is 0.519. The summed E-state index contributed by atoms with van der Waals surface area (Å²) in [7, 11) is 0. The third-order valence-corrected chi connectivity index (χ3v) is 5.58. The van der Waals surface area contributed by atoms with Crippen molar-refractivity contribution in [1.82, 2.24) is 9.27 Å². The van der Waals surface area contributed by atoms with Gasteiger partial charge in [0.25, 0.3) is 0 Å². The second kappa shape index (κ2) is 7.53. The van der Waals surface area contributed by atoms with Crippen LogP contribution in [0.3, 0.4) is 0 Å². The molecule has 0 radical (unpaired) electrons. The van der Waals surface area contributed by atoms with E-state index in [4.69, 9.17) is 16.3 Å². The molecule has 1 aliphatic heterocycles. The number of halogens is 1. The van der Waals surface area contributed by atoms with Crippen LogP contribution >= 0.6 is 23.1 Å². The number of benzene rings is 1. The van der Waals surface area contributed by atoms with E-state index in [2.05, 4.69) is 27.3 Å². The lowest BCUT2D eigenvalue weighted by atomic mass is 10.1. The molecule has 0 spiro atoms. The Labute approximate surface area is 152 Å². The molecule has 0 amide bonds. The van der Waals surface area contributed by atoms with Gasteiger partial charge in [-0.3, -0.25) is 0 Å². The number of hydrogen-bond acceptors (Lipinski definition) is 4. The zero-order valence-corrected chi connectivity index (χ0v) is 15.9. The van der Waals surface area contributed by atoms with Gasteiger partial charge in [0.05, 0.1) is 17.7 Å². The molecule has 0 bridgehead atoms. The van der Waals surface area contributed by atoms with E-state index in [9.17, 15) is 0 Å². The summed E-state index contributed by atoms with van der Waals surface area (Å²) < 4.78 is 10.2. The predicted octanol–water partition coefficient (Wildman–Crippen LogP) is 5.66. The Bertz CT molecular complexity index is 751. The molecule has 2 heterocycles. The first kappa shape index (κ1) is 17.2. The largest absolute Gasteiger partial charge is 0.443 e. The van der Waals surface area contributed by atoms with Gasteiger partial charge >= 0.3 is 0 Å². The van der Waals surface area contributed by atoms with Gasteiger partial charge in [0, 0.05) is 24.6 Å².